The molecule has 3 heteroatoms. The molecule has 1 nitrogen and oxygen atoms in total. The first-order chi connectivity index (χ1) is 10.2. The van der Waals surface area contributed by atoms with Crippen LogP contribution in [0.5, 0.6) is 0 Å². The summed E-state index contributed by atoms with van der Waals surface area (Å²) in [7, 11) is 5.22. The molecule has 2 aliphatic carbocycles. The molecule has 22 heavy (non-hydrogen) atoms. The Morgan fingerprint density at radius 2 is 0.955 bits per heavy atom. The van der Waals surface area contributed by atoms with Crippen molar-refractivity contribution in [2.45, 2.75) is 94.0 Å². The van der Waals surface area contributed by atoms with Gasteiger partial charge >= 0.3 is 0 Å². The van der Waals surface area contributed by atoms with Crippen molar-refractivity contribution in [3.05, 3.63) is 0 Å². The highest BCUT2D eigenvalue weighted by Gasteiger charge is 2.39. The molecular weight excluding hydrogens is 400 g/mol. The molecule has 3 aliphatic rings. The third-order valence-electron chi connectivity index (χ3n) is 6.55. The number of hydrogen-bond acceptors (Lipinski definition) is 0. The Hall–Kier alpha value is 1.12. The molecule has 0 radical (unpaired) electrons. The predicted molar refractivity (Wildman–Crippen MR) is 95.5 cm³/mol. The van der Waals surface area contributed by atoms with Gasteiger partial charge in [0.05, 0.1) is 27.2 Å². The largest absolute Gasteiger partial charge is 1.00 e. The molecule has 0 spiro atoms. The first-order valence-corrected chi connectivity index (χ1v) is 11.3. The molecule has 0 aromatic rings. The SMILES string of the molecule is C[N+]1(C)CCC(P(C2CCCCC2)C2CCCCC2)CC1.[I-]. The van der Waals surface area contributed by atoms with Gasteiger partial charge in [-0.05, 0) is 42.7 Å². The summed E-state index contributed by atoms with van der Waals surface area (Å²) in [5.74, 6) is 0. The van der Waals surface area contributed by atoms with Crippen molar-refractivity contribution in [2.75, 3.05) is 27.2 Å². The Morgan fingerprint density at radius 3 is 1.36 bits per heavy atom. The molecule has 2 saturated carbocycles. The number of halogens is 1. The fourth-order valence-electron chi connectivity index (χ4n) is 5.20. The van der Waals surface area contributed by atoms with E-state index in [0.29, 0.717) is 7.92 Å². The Morgan fingerprint density at radius 1 is 0.591 bits per heavy atom. The molecule has 0 aromatic heterocycles. The standard InChI is InChI=1S/C19H37NP.HI/c1-20(2)15-13-19(14-16-20)21(17-9-5-3-6-10-17)18-11-7-4-8-12-18;/h17-19H,3-16H2,1-2H3;1H/q+1;/p-1. The van der Waals surface area contributed by atoms with Crippen molar-refractivity contribution in [3.8, 4) is 0 Å². The smallest absolute Gasteiger partial charge is 0.0788 e. The van der Waals surface area contributed by atoms with Crippen LogP contribution in [0, 0.1) is 0 Å². The molecule has 0 atom stereocenters. The third-order valence-corrected chi connectivity index (χ3v) is 10.6. The topological polar surface area (TPSA) is 0 Å². The van der Waals surface area contributed by atoms with Gasteiger partial charge < -0.3 is 28.5 Å². The highest BCUT2D eigenvalue weighted by atomic mass is 127. The molecule has 1 aliphatic heterocycles. The number of nitrogens with zero attached hydrogens (tertiary/aromatic N) is 1. The highest BCUT2D eigenvalue weighted by molar-refractivity contribution is 7.60. The van der Waals surface area contributed by atoms with E-state index in [-0.39, 0.29) is 24.0 Å². The monoisotopic (exact) mass is 437 g/mol. The van der Waals surface area contributed by atoms with Crippen LogP contribution in [0.25, 0.3) is 0 Å². The minimum absolute atomic E-state index is 0. The molecule has 0 amide bonds. The average Bonchev–Trinajstić information content (AvgIpc) is 2.51. The number of likely N-dealkylation sites (tertiary alicyclic amines) is 1. The number of quaternary nitrogens is 1. The van der Waals surface area contributed by atoms with Crippen LogP contribution in [-0.2, 0) is 0 Å². The lowest BCUT2D eigenvalue weighted by Crippen LogP contribution is -3.00. The maximum atomic E-state index is 2.44. The summed E-state index contributed by atoms with van der Waals surface area (Å²) in [4.78, 5) is 0. The van der Waals surface area contributed by atoms with Gasteiger partial charge in [-0.2, -0.15) is 0 Å². The molecule has 3 rings (SSSR count). The van der Waals surface area contributed by atoms with E-state index in [9.17, 15) is 0 Å². The molecule has 0 bridgehead atoms. The van der Waals surface area contributed by atoms with Gasteiger partial charge in [0.1, 0.15) is 0 Å². The molecule has 130 valence electrons. The fraction of sp³-hybridized carbons (Fsp3) is 1.00. The number of piperidine rings is 1. The van der Waals surface area contributed by atoms with Crippen LogP contribution < -0.4 is 24.0 Å². The zero-order valence-corrected chi connectivity index (χ0v) is 18.0. The van der Waals surface area contributed by atoms with Crippen molar-refractivity contribution < 1.29 is 28.5 Å². The summed E-state index contributed by atoms with van der Waals surface area (Å²) in [6, 6.07) is 0. The normalized spacial score (nSPS) is 28.5. The van der Waals surface area contributed by atoms with Crippen LogP contribution in [0.3, 0.4) is 0 Å². The second-order valence-corrected chi connectivity index (χ2v) is 11.7. The predicted octanol–water partition coefficient (Wildman–Crippen LogP) is 2.38. The Balaban J connectivity index is 0.00000176. The highest BCUT2D eigenvalue weighted by Crippen LogP contribution is 2.61. The fourth-order valence-corrected chi connectivity index (χ4v) is 9.74. The zero-order valence-electron chi connectivity index (χ0n) is 14.9. The molecule has 3 fully saturated rings. The average molecular weight is 437 g/mol. The van der Waals surface area contributed by atoms with Gasteiger partial charge in [0, 0.05) is 12.8 Å². The lowest BCUT2D eigenvalue weighted by Gasteiger charge is -2.47. The summed E-state index contributed by atoms with van der Waals surface area (Å²) in [6.45, 7) is 2.89. The quantitative estimate of drug-likeness (QED) is 0.362. The minimum Gasteiger partial charge on any atom is -1.00 e. The van der Waals surface area contributed by atoms with E-state index in [1.54, 1.807) is 64.2 Å². The van der Waals surface area contributed by atoms with E-state index in [1.165, 1.54) is 30.4 Å². The van der Waals surface area contributed by atoms with Crippen molar-refractivity contribution in [1.82, 2.24) is 0 Å². The van der Waals surface area contributed by atoms with Gasteiger partial charge in [0.15, 0.2) is 0 Å². The van der Waals surface area contributed by atoms with E-state index in [1.807, 2.05) is 0 Å². The van der Waals surface area contributed by atoms with Gasteiger partial charge in [-0.15, -0.1) is 0 Å². The molecule has 1 saturated heterocycles. The van der Waals surface area contributed by atoms with E-state index in [4.69, 9.17) is 0 Å². The number of rotatable bonds is 3. The Labute approximate surface area is 157 Å². The minimum atomic E-state index is 0. The number of hydrogen-bond donors (Lipinski definition) is 0. The van der Waals surface area contributed by atoms with Crippen LogP contribution in [0.4, 0.5) is 0 Å². The van der Waals surface area contributed by atoms with E-state index >= 15 is 0 Å². The van der Waals surface area contributed by atoms with Crippen LogP contribution in [0.15, 0.2) is 0 Å². The first kappa shape index (κ1) is 19.4. The van der Waals surface area contributed by atoms with Crippen molar-refractivity contribution in [2.24, 2.45) is 0 Å². The summed E-state index contributed by atoms with van der Waals surface area (Å²) in [5, 5.41) is 0. The molecular formula is C19H37INP. The summed E-state index contributed by atoms with van der Waals surface area (Å²) >= 11 is 0. The van der Waals surface area contributed by atoms with Gasteiger partial charge in [-0.1, -0.05) is 46.4 Å². The van der Waals surface area contributed by atoms with Crippen molar-refractivity contribution in [1.29, 1.82) is 0 Å². The summed E-state index contributed by atoms with van der Waals surface area (Å²) in [5.41, 5.74) is 3.46. The van der Waals surface area contributed by atoms with Crippen LogP contribution in [0.1, 0.15) is 77.0 Å². The summed E-state index contributed by atoms with van der Waals surface area (Å²) in [6.07, 6.45) is 18.7. The lowest BCUT2D eigenvalue weighted by molar-refractivity contribution is -0.894. The van der Waals surface area contributed by atoms with Gasteiger partial charge in [-0.3, -0.25) is 0 Å². The second kappa shape index (κ2) is 8.99. The zero-order chi connectivity index (χ0) is 14.7. The van der Waals surface area contributed by atoms with Crippen molar-refractivity contribution >= 4 is 7.92 Å². The first-order valence-electron chi connectivity index (χ1n) is 9.75. The third kappa shape index (κ3) is 5.06. The van der Waals surface area contributed by atoms with Gasteiger partial charge in [0.2, 0.25) is 0 Å². The molecule has 1 heterocycles. The lowest BCUT2D eigenvalue weighted by atomic mass is 9.99. The maximum absolute atomic E-state index is 2.44. The van der Waals surface area contributed by atoms with Crippen LogP contribution in [-0.4, -0.2) is 48.6 Å². The van der Waals surface area contributed by atoms with E-state index < -0.39 is 0 Å². The van der Waals surface area contributed by atoms with Crippen LogP contribution >= 0.6 is 7.92 Å². The molecule has 0 aromatic carbocycles. The summed E-state index contributed by atoms with van der Waals surface area (Å²) < 4.78 is 1.29. The Bertz CT molecular complexity index is 293. The second-order valence-electron chi connectivity index (χ2n) is 8.65. The van der Waals surface area contributed by atoms with Crippen molar-refractivity contribution in [3.63, 3.8) is 0 Å². The van der Waals surface area contributed by atoms with E-state index in [0.717, 1.165) is 17.0 Å². The van der Waals surface area contributed by atoms with Crippen LogP contribution in [0.2, 0.25) is 0 Å². The van der Waals surface area contributed by atoms with E-state index in [2.05, 4.69) is 14.1 Å². The molecule has 0 N–H and O–H groups in total. The van der Waals surface area contributed by atoms with Gasteiger partial charge in [0.25, 0.3) is 0 Å². The maximum Gasteiger partial charge on any atom is 0.0788 e. The molecule has 0 unspecified atom stereocenters. The van der Waals surface area contributed by atoms with Gasteiger partial charge in [-0.25, -0.2) is 0 Å². The Kier molecular flexibility index (Phi) is 7.95.